The summed E-state index contributed by atoms with van der Waals surface area (Å²) in [5.74, 6) is 0.109. The fourth-order valence-electron chi connectivity index (χ4n) is 5.66. The lowest BCUT2D eigenvalue weighted by atomic mass is 9.76. The Bertz CT molecular complexity index is 1050. The highest BCUT2D eigenvalue weighted by molar-refractivity contribution is 5.96. The van der Waals surface area contributed by atoms with Crippen molar-refractivity contribution < 1.29 is 19.3 Å². The fraction of sp³-hybridized carbons (Fsp3) is 0.560. The Morgan fingerprint density at radius 1 is 1.31 bits per heavy atom. The third-order valence-electron chi connectivity index (χ3n) is 7.17. The van der Waals surface area contributed by atoms with Crippen LogP contribution >= 0.6 is 0 Å². The van der Waals surface area contributed by atoms with Crippen molar-refractivity contribution in [1.29, 1.82) is 0 Å². The van der Waals surface area contributed by atoms with E-state index in [1.54, 1.807) is 4.90 Å². The molecule has 0 radical (unpaired) electrons. The highest BCUT2D eigenvalue weighted by atomic mass is 16.7. The molecule has 2 aromatic rings. The molecule has 1 spiro atoms. The molecular weight excluding hydrogens is 406 g/mol. The maximum absolute atomic E-state index is 13.7. The van der Waals surface area contributed by atoms with E-state index in [1.165, 1.54) is 11.1 Å². The molecule has 1 N–H and O–H groups in total. The van der Waals surface area contributed by atoms with Crippen molar-refractivity contribution in [3.05, 3.63) is 52.9 Å². The van der Waals surface area contributed by atoms with E-state index < -0.39 is 17.6 Å². The lowest BCUT2D eigenvalue weighted by molar-refractivity contribution is -0.134. The Kier molecular flexibility index (Phi) is 5.32. The minimum Gasteiger partial charge on any atom is -0.391 e. The lowest BCUT2D eigenvalue weighted by Crippen LogP contribution is -2.44. The van der Waals surface area contributed by atoms with Crippen LogP contribution in [0.5, 0.6) is 0 Å². The van der Waals surface area contributed by atoms with E-state index in [0.717, 1.165) is 30.7 Å². The molecule has 1 aromatic heterocycles. The van der Waals surface area contributed by atoms with Crippen molar-refractivity contribution in [1.82, 2.24) is 10.1 Å². The van der Waals surface area contributed by atoms with Crippen molar-refractivity contribution in [2.75, 3.05) is 6.54 Å². The zero-order valence-corrected chi connectivity index (χ0v) is 19.0. The van der Waals surface area contributed by atoms with Gasteiger partial charge in [0.25, 0.3) is 0 Å². The zero-order valence-electron chi connectivity index (χ0n) is 19.0. The molecule has 1 fully saturated rings. The van der Waals surface area contributed by atoms with Crippen molar-refractivity contribution in [2.45, 2.75) is 76.5 Å². The highest BCUT2D eigenvalue weighted by Gasteiger charge is 2.49. The van der Waals surface area contributed by atoms with Crippen LogP contribution in [0.15, 0.2) is 40.0 Å². The molecule has 0 bridgehead atoms. The molecule has 7 nitrogen and oxygen atoms in total. The lowest BCUT2D eigenvalue weighted by Gasteiger charge is -2.34. The first-order valence-corrected chi connectivity index (χ1v) is 11.6. The van der Waals surface area contributed by atoms with Gasteiger partial charge in [0.1, 0.15) is 11.7 Å². The number of aliphatic hydroxyl groups is 1. The Hall–Kier alpha value is -2.67. The van der Waals surface area contributed by atoms with Crippen molar-refractivity contribution in [2.24, 2.45) is 11.1 Å². The number of likely N-dealkylation sites (tertiary alicyclic amines) is 1. The predicted octanol–water partition coefficient (Wildman–Crippen LogP) is 3.69. The summed E-state index contributed by atoms with van der Waals surface area (Å²) in [7, 11) is 0. The third kappa shape index (κ3) is 3.52. The van der Waals surface area contributed by atoms with Gasteiger partial charge in [0.15, 0.2) is 5.60 Å². The number of carbonyl (C=O) groups excluding carboxylic acids is 1. The number of rotatable bonds is 4. The van der Waals surface area contributed by atoms with Gasteiger partial charge in [-0.15, -0.1) is 0 Å². The van der Waals surface area contributed by atoms with E-state index in [1.807, 2.05) is 26.8 Å². The van der Waals surface area contributed by atoms with Gasteiger partial charge in [-0.1, -0.05) is 48.4 Å². The van der Waals surface area contributed by atoms with Gasteiger partial charge < -0.3 is 19.4 Å². The van der Waals surface area contributed by atoms with Crippen LogP contribution in [-0.2, 0) is 21.7 Å². The number of benzene rings is 1. The van der Waals surface area contributed by atoms with Gasteiger partial charge in [0, 0.05) is 31.0 Å². The molecule has 1 aliphatic carbocycles. The number of aliphatic hydroxyl groups excluding tert-OH is 1. The molecule has 170 valence electrons. The highest BCUT2D eigenvalue weighted by Crippen LogP contribution is 2.46. The SMILES string of the molecule is Cc1cc([C@@H](C(=O)N2C[C@H](O)C[C@H]2C2=NO[C@]3(CCCc4ccccc43)C2)C(C)C)on1. The molecular formula is C25H31N3O4. The second kappa shape index (κ2) is 8.03. The number of carbonyl (C=O) groups is 1. The summed E-state index contributed by atoms with van der Waals surface area (Å²) in [5, 5.41) is 19.0. The summed E-state index contributed by atoms with van der Waals surface area (Å²) in [6.45, 7) is 6.16. The van der Waals surface area contributed by atoms with Crippen LogP contribution in [-0.4, -0.2) is 45.5 Å². The Labute approximate surface area is 188 Å². The van der Waals surface area contributed by atoms with Gasteiger partial charge in [-0.2, -0.15) is 0 Å². The van der Waals surface area contributed by atoms with Crippen LogP contribution in [0.3, 0.4) is 0 Å². The molecule has 0 saturated carbocycles. The molecule has 1 aromatic carbocycles. The van der Waals surface area contributed by atoms with Gasteiger partial charge in [-0.25, -0.2) is 0 Å². The average molecular weight is 438 g/mol. The largest absolute Gasteiger partial charge is 0.391 e. The van der Waals surface area contributed by atoms with E-state index in [9.17, 15) is 9.90 Å². The summed E-state index contributed by atoms with van der Waals surface area (Å²) in [6.07, 6.45) is 3.56. The number of hydrogen-bond donors (Lipinski definition) is 1. The number of amides is 1. The van der Waals surface area contributed by atoms with Crippen molar-refractivity contribution in [3.8, 4) is 0 Å². The van der Waals surface area contributed by atoms with Crippen LogP contribution in [0.1, 0.15) is 68.0 Å². The quantitative estimate of drug-likeness (QED) is 0.788. The van der Waals surface area contributed by atoms with E-state index in [4.69, 9.17) is 9.36 Å². The Morgan fingerprint density at radius 3 is 2.88 bits per heavy atom. The minimum atomic E-state index is -0.578. The number of β-amino-alcohol motifs (C(OH)–C–C–N with tert-alkyl or cyclic N) is 1. The van der Waals surface area contributed by atoms with Crippen LogP contribution in [0.2, 0.25) is 0 Å². The van der Waals surface area contributed by atoms with E-state index in [2.05, 4.69) is 34.6 Å². The fourth-order valence-corrected chi connectivity index (χ4v) is 5.66. The monoisotopic (exact) mass is 437 g/mol. The molecule has 0 unspecified atom stereocenters. The number of hydrogen-bond acceptors (Lipinski definition) is 6. The second-order valence-corrected chi connectivity index (χ2v) is 9.84. The normalized spacial score (nSPS) is 28.0. The van der Waals surface area contributed by atoms with Crippen LogP contribution in [0.25, 0.3) is 0 Å². The molecule has 1 amide bonds. The number of oxime groups is 1. The first-order chi connectivity index (χ1) is 15.4. The maximum Gasteiger partial charge on any atom is 0.234 e. The number of nitrogens with zero attached hydrogens (tertiary/aromatic N) is 3. The van der Waals surface area contributed by atoms with Gasteiger partial charge in [-0.05, 0) is 37.7 Å². The second-order valence-electron chi connectivity index (χ2n) is 9.84. The number of aryl methyl sites for hydroxylation is 2. The summed E-state index contributed by atoms with van der Waals surface area (Å²) in [4.78, 5) is 21.6. The molecule has 5 rings (SSSR count). The third-order valence-corrected chi connectivity index (χ3v) is 7.17. The molecule has 2 aliphatic heterocycles. The number of fused-ring (bicyclic) bond motifs is 2. The summed E-state index contributed by atoms with van der Waals surface area (Å²) in [5.41, 5.74) is 3.67. The smallest absolute Gasteiger partial charge is 0.234 e. The predicted molar refractivity (Wildman–Crippen MR) is 119 cm³/mol. The topological polar surface area (TPSA) is 88.2 Å². The van der Waals surface area contributed by atoms with Crippen LogP contribution in [0.4, 0.5) is 0 Å². The standard InChI is InChI=1S/C25H31N3O4/c1-15(2)23(22-11-16(3)26-31-22)24(30)28-14-18(29)12-21(28)20-13-25(32-27-20)10-6-8-17-7-4-5-9-19(17)25/h4-5,7,9,11,15,18,21,23,29H,6,8,10,12-14H2,1-3H3/t18-,21+,23+,25-/m1/s1. The number of aromatic nitrogens is 1. The van der Waals surface area contributed by atoms with Gasteiger partial charge in [-0.3, -0.25) is 4.79 Å². The Balaban J connectivity index is 1.41. The summed E-state index contributed by atoms with van der Waals surface area (Å²) >= 11 is 0. The molecule has 4 atom stereocenters. The van der Waals surface area contributed by atoms with E-state index >= 15 is 0 Å². The summed E-state index contributed by atoms with van der Waals surface area (Å²) < 4.78 is 5.47. The van der Waals surface area contributed by atoms with Crippen molar-refractivity contribution in [3.63, 3.8) is 0 Å². The summed E-state index contributed by atoms with van der Waals surface area (Å²) in [6, 6.07) is 9.99. The van der Waals surface area contributed by atoms with E-state index in [-0.39, 0.29) is 17.9 Å². The molecule has 3 aliphatic rings. The zero-order chi connectivity index (χ0) is 22.5. The first kappa shape index (κ1) is 21.2. The Morgan fingerprint density at radius 2 is 2.12 bits per heavy atom. The van der Waals surface area contributed by atoms with Crippen LogP contribution < -0.4 is 0 Å². The maximum atomic E-state index is 13.7. The molecule has 1 saturated heterocycles. The molecule has 3 heterocycles. The molecule has 32 heavy (non-hydrogen) atoms. The average Bonchev–Trinajstić information content (AvgIpc) is 3.48. The van der Waals surface area contributed by atoms with Gasteiger partial charge in [0.2, 0.25) is 5.91 Å². The van der Waals surface area contributed by atoms with Gasteiger partial charge >= 0.3 is 0 Å². The first-order valence-electron chi connectivity index (χ1n) is 11.6. The molecule has 7 heteroatoms. The van der Waals surface area contributed by atoms with E-state index in [0.29, 0.717) is 25.1 Å². The van der Waals surface area contributed by atoms with Crippen molar-refractivity contribution >= 4 is 11.6 Å². The van der Waals surface area contributed by atoms with Gasteiger partial charge in [0.05, 0.1) is 23.6 Å². The minimum absolute atomic E-state index is 0.0339. The van der Waals surface area contributed by atoms with Crippen LogP contribution in [0, 0.1) is 12.8 Å².